The number of hydrogen-bond acceptors (Lipinski definition) is 2. The van der Waals surface area contributed by atoms with Crippen LogP contribution in [0.2, 0.25) is 0 Å². The molecule has 6 nitrogen and oxygen atoms in total. The molecule has 132 valence electrons. The van der Waals surface area contributed by atoms with Crippen LogP contribution in [0.4, 0.5) is 10.5 Å². The zero-order valence-corrected chi connectivity index (χ0v) is 14.6. The van der Waals surface area contributed by atoms with Gasteiger partial charge in [0, 0.05) is 17.8 Å². The zero-order chi connectivity index (χ0) is 17.4. The van der Waals surface area contributed by atoms with E-state index in [0.29, 0.717) is 18.5 Å². The molecule has 1 aliphatic rings. The molecule has 1 saturated carbocycles. The predicted octanol–water partition coefficient (Wildman–Crippen LogP) is 2.95. The van der Waals surface area contributed by atoms with Gasteiger partial charge in [0.2, 0.25) is 0 Å². The van der Waals surface area contributed by atoms with Crippen LogP contribution in [-0.4, -0.2) is 24.1 Å². The van der Waals surface area contributed by atoms with Crippen molar-refractivity contribution in [2.75, 3.05) is 5.32 Å². The summed E-state index contributed by atoms with van der Waals surface area (Å²) in [6, 6.07) is 8.01. The quantitative estimate of drug-likeness (QED) is 0.494. The number of benzene rings is 1. The number of anilines is 1. The van der Waals surface area contributed by atoms with E-state index in [0.717, 1.165) is 11.3 Å². The van der Waals surface area contributed by atoms with E-state index in [4.69, 9.17) is 5.73 Å². The highest BCUT2D eigenvalue weighted by Gasteiger charge is 2.13. The van der Waals surface area contributed by atoms with Crippen LogP contribution in [0.15, 0.2) is 29.3 Å². The number of nitrogens with two attached hydrogens (primary N) is 1. The highest BCUT2D eigenvalue weighted by atomic mass is 16.2. The summed E-state index contributed by atoms with van der Waals surface area (Å²) in [4.78, 5) is 16.0. The zero-order valence-electron chi connectivity index (χ0n) is 14.6. The molecule has 0 aliphatic heterocycles. The van der Waals surface area contributed by atoms with Gasteiger partial charge in [-0.2, -0.15) is 0 Å². The minimum absolute atomic E-state index is 0.109. The molecule has 0 unspecified atom stereocenters. The topological polar surface area (TPSA) is 91.5 Å². The van der Waals surface area contributed by atoms with Crippen molar-refractivity contribution in [1.29, 1.82) is 0 Å². The molecule has 1 aliphatic carbocycles. The summed E-state index contributed by atoms with van der Waals surface area (Å²) in [7, 11) is 0. The van der Waals surface area contributed by atoms with Gasteiger partial charge in [0.25, 0.3) is 0 Å². The molecule has 0 atom stereocenters. The summed E-state index contributed by atoms with van der Waals surface area (Å²) in [6.07, 6.45) is 6.21. The molecular weight excluding hydrogens is 302 g/mol. The van der Waals surface area contributed by atoms with Gasteiger partial charge in [0.15, 0.2) is 5.96 Å². The third-order valence-corrected chi connectivity index (χ3v) is 4.02. The van der Waals surface area contributed by atoms with Crippen LogP contribution in [0.5, 0.6) is 0 Å². The van der Waals surface area contributed by atoms with E-state index in [9.17, 15) is 4.79 Å². The second-order valence-electron chi connectivity index (χ2n) is 6.63. The number of urea groups is 1. The number of amides is 2. The number of guanidine groups is 1. The summed E-state index contributed by atoms with van der Waals surface area (Å²) in [5.74, 6) is 0.514. The second-order valence-corrected chi connectivity index (χ2v) is 6.63. The van der Waals surface area contributed by atoms with Gasteiger partial charge in [-0.15, -0.1) is 0 Å². The fraction of sp³-hybridized carbons (Fsp3) is 0.556. The largest absolute Gasteiger partial charge is 0.370 e. The van der Waals surface area contributed by atoms with E-state index in [-0.39, 0.29) is 12.1 Å². The molecule has 0 bridgehead atoms. The predicted molar refractivity (Wildman–Crippen MR) is 99.1 cm³/mol. The molecule has 0 aromatic heterocycles. The standard InChI is InChI=1S/C18H29N5O/c1-13(2)21-18(24)23-16-10-8-14(9-11-16)12-20-17(19)22-15-6-4-3-5-7-15/h8-11,13,15H,3-7,12H2,1-2H3,(H3,19,20,22)(H2,21,23,24). The normalized spacial score (nSPS) is 16.0. The molecule has 2 rings (SSSR count). The Labute approximate surface area is 144 Å². The van der Waals surface area contributed by atoms with Gasteiger partial charge in [0.1, 0.15) is 0 Å². The van der Waals surface area contributed by atoms with Crippen molar-refractivity contribution in [2.24, 2.45) is 10.7 Å². The van der Waals surface area contributed by atoms with Crippen LogP contribution in [0, 0.1) is 0 Å². The number of carbonyl (C=O) groups excluding carboxylic acids is 1. The Morgan fingerprint density at radius 3 is 2.50 bits per heavy atom. The van der Waals surface area contributed by atoms with E-state index in [1.807, 2.05) is 38.1 Å². The summed E-state index contributed by atoms with van der Waals surface area (Å²) in [5.41, 5.74) is 7.78. The van der Waals surface area contributed by atoms with Gasteiger partial charge in [-0.3, -0.25) is 0 Å². The molecule has 5 N–H and O–H groups in total. The summed E-state index contributed by atoms with van der Waals surface area (Å²) in [5, 5.41) is 8.89. The van der Waals surface area contributed by atoms with E-state index in [2.05, 4.69) is 20.9 Å². The second kappa shape index (κ2) is 9.15. The van der Waals surface area contributed by atoms with E-state index in [1.54, 1.807) is 0 Å². The fourth-order valence-electron chi connectivity index (χ4n) is 2.80. The van der Waals surface area contributed by atoms with Crippen LogP contribution < -0.4 is 21.7 Å². The smallest absolute Gasteiger partial charge is 0.319 e. The van der Waals surface area contributed by atoms with Crippen molar-refractivity contribution < 1.29 is 4.79 Å². The third-order valence-electron chi connectivity index (χ3n) is 4.02. The van der Waals surface area contributed by atoms with Crippen molar-refractivity contribution in [3.63, 3.8) is 0 Å². The molecule has 0 heterocycles. The molecule has 0 saturated heterocycles. The van der Waals surface area contributed by atoms with Crippen LogP contribution in [0.25, 0.3) is 0 Å². The number of hydrogen-bond donors (Lipinski definition) is 4. The van der Waals surface area contributed by atoms with Gasteiger partial charge in [-0.05, 0) is 44.4 Å². The Kier molecular flexibility index (Phi) is 6.90. The molecule has 0 radical (unpaired) electrons. The van der Waals surface area contributed by atoms with Gasteiger partial charge < -0.3 is 21.7 Å². The molecule has 6 heteroatoms. The Morgan fingerprint density at radius 1 is 1.21 bits per heavy atom. The van der Waals surface area contributed by atoms with Gasteiger partial charge in [-0.1, -0.05) is 31.4 Å². The lowest BCUT2D eigenvalue weighted by Crippen LogP contribution is -2.41. The highest BCUT2D eigenvalue weighted by Crippen LogP contribution is 2.17. The first-order valence-electron chi connectivity index (χ1n) is 8.76. The first-order chi connectivity index (χ1) is 11.5. The van der Waals surface area contributed by atoms with Crippen molar-refractivity contribution in [1.82, 2.24) is 10.6 Å². The Morgan fingerprint density at radius 2 is 1.88 bits per heavy atom. The monoisotopic (exact) mass is 331 g/mol. The molecule has 1 aromatic rings. The molecule has 2 amide bonds. The van der Waals surface area contributed by atoms with Crippen molar-refractivity contribution in [3.8, 4) is 0 Å². The maximum Gasteiger partial charge on any atom is 0.319 e. The number of aliphatic imine (C=N–C) groups is 1. The number of nitrogens with zero attached hydrogens (tertiary/aromatic N) is 1. The number of carbonyl (C=O) groups is 1. The average molecular weight is 331 g/mol. The highest BCUT2D eigenvalue weighted by molar-refractivity contribution is 5.89. The van der Waals surface area contributed by atoms with Crippen LogP contribution in [-0.2, 0) is 6.54 Å². The summed E-state index contributed by atoms with van der Waals surface area (Å²) >= 11 is 0. The summed E-state index contributed by atoms with van der Waals surface area (Å²) in [6.45, 7) is 4.38. The minimum atomic E-state index is -0.198. The van der Waals surface area contributed by atoms with E-state index in [1.165, 1.54) is 32.1 Å². The van der Waals surface area contributed by atoms with E-state index < -0.39 is 0 Å². The van der Waals surface area contributed by atoms with Crippen molar-refractivity contribution in [2.45, 2.75) is 64.6 Å². The minimum Gasteiger partial charge on any atom is -0.370 e. The van der Waals surface area contributed by atoms with E-state index >= 15 is 0 Å². The third kappa shape index (κ3) is 6.48. The maximum absolute atomic E-state index is 11.6. The lowest BCUT2D eigenvalue weighted by atomic mass is 9.96. The average Bonchev–Trinajstić information content (AvgIpc) is 2.54. The molecule has 24 heavy (non-hydrogen) atoms. The fourth-order valence-corrected chi connectivity index (χ4v) is 2.80. The number of rotatable bonds is 5. The molecular formula is C18H29N5O. The lowest BCUT2D eigenvalue weighted by Gasteiger charge is -2.23. The Hall–Kier alpha value is -2.24. The maximum atomic E-state index is 11.6. The van der Waals surface area contributed by atoms with Crippen LogP contribution >= 0.6 is 0 Å². The first kappa shape index (κ1) is 18.1. The molecule has 1 aromatic carbocycles. The molecule has 0 spiro atoms. The summed E-state index contributed by atoms with van der Waals surface area (Å²) < 4.78 is 0. The van der Waals surface area contributed by atoms with Gasteiger partial charge >= 0.3 is 6.03 Å². The van der Waals surface area contributed by atoms with Crippen molar-refractivity contribution >= 4 is 17.7 Å². The Bertz CT molecular complexity index is 547. The van der Waals surface area contributed by atoms with Gasteiger partial charge in [-0.25, -0.2) is 9.79 Å². The SMILES string of the molecule is CC(C)NC(=O)Nc1ccc(CN=C(N)NC2CCCCC2)cc1. The lowest BCUT2D eigenvalue weighted by molar-refractivity contribution is 0.250. The van der Waals surface area contributed by atoms with Crippen LogP contribution in [0.1, 0.15) is 51.5 Å². The number of nitrogens with one attached hydrogen (secondary N) is 3. The first-order valence-corrected chi connectivity index (χ1v) is 8.76. The van der Waals surface area contributed by atoms with Gasteiger partial charge in [0.05, 0.1) is 6.54 Å². The van der Waals surface area contributed by atoms with Crippen LogP contribution in [0.3, 0.4) is 0 Å². The Balaban J connectivity index is 1.80. The molecule has 1 fully saturated rings. The van der Waals surface area contributed by atoms with Crippen molar-refractivity contribution in [3.05, 3.63) is 29.8 Å².